The molecule has 3 aromatic rings. The number of hydrogen-bond acceptors (Lipinski definition) is 7. The molecule has 4 rings (SSSR count). The van der Waals surface area contributed by atoms with Crippen LogP contribution >= 0.6 is 0 Å². The van der Waals surface area contributed by atoms with Crippen LogP contribution in [-0.2, 0) is 0 Å². The van der Waals surface area contributed by atoms with E-state index in [0.717, 1.165) is 19.6 Å². The average molecular weight is 437 g/mol. The normalized spacial score (nSPS) is 14.5. The molecule has 1 aliphatic rings. The van der Waals surface area contributed by atoms with Gasteiger partial charge >= 0.3 is 5.69 Å². The Hall–Kier alpha value is -3.39. The van der Waals surface area contributed by atoms with Gasteiger partial charge in [0.05, 0.1) is 21.4 Å². The second kappa shape index (κ2) is 8.27. The average Bonchev–Trinajstić information content (AvgIpc) is 2.75. The van der Waals surface area contributed by atoms with Crippen molar-refractivity contribution in [3.8, 4) is 5.75 Å². The van der Waals surface area contributed by atoms with Gasteiger partial charge in [-0.2, -0.15) is 0 Å². The van der Waals surface area contributed by atoms with Crippen LogP contribution in [-0.4, -0.2) is 41.6 Å². The molecule has 0 unspecified atom stereocenters. The number of benzene rings is 2. The lowest BCUT2D eigenvalue weighted by Gasteiger charge is -2.29. The lowest BCUT2D eigenvalue weighted by molar-refractivity contribution is -0.385. The number of fused-ring (bicyclic) bond motifs is 3. The molecule has 168 valence electrons. The van der Waals surface area contributed by atoms with Crippen LogP contribution in [0.4, 0.5) is 11.4 Å². The number of nitrogens with one attached hydrogen (secondary N) is 1. The Kier molecular flexibility index (Phi) is 5.64. The highest BCUT2D eigenvalue weighted by molar-refractivity contribution is 6.07. The summed E-state index contributed by atoms with van der Waals surface area (Å²) < 4.78 is 12.0. The number of hydrogen-bond donors (Lipinski definition) is 1. The Bertz CT molecular complexity index is 1290. The molecule has 0 saturated heterocycles. The number of nitro groups is 1. The molecule has 0 bridgehead atoms. The molecular weight excluding hydrogens is 410 g/mol. The third-order valence-electron chi connectivity index (χ3n) is 5.82. The summed E-state index contributed by atoms with van der Waals surface area (Å²) in [6, 6.07) is 6.78. The number of ether oxygens (including phenoxy) is 1. The second-order valence-electron chi connectivity index (χ2n) is 8.35. The van der Waals surface area contributed by atoms with Gasteiger partial charge in [0.15, 0.2) is 0 Å². The summed E-state index contributed by atoms with van der Waals surface area (Å²) in [4.78, 5) is 27.4. The molecule has 0 fully saturated rings. The zero-order chi connectivity index (χ0) is 23.0. The Balaban J connectivity index is 2.03. The van der Waals surface area contributed by atoms with Crippen LogP contribution in [0.15, 0.2) is 39.6 Å². The van der Waals surface area contributed by atoms with Gasteiger partial charge in [-0.15, -0.1) is 0 Å². The fourth-order valence-electron chi connectivity index (χ4n) is 4.09. The van der Waals surface area contributed by atoms with E-state index >= 15 is 0 Å². The molecule has 0 amide bonds. The molecule has 0 atom stereocenters. The van der Waals surface area contributed by atoms with Gasteiger partial charge in [0.25, 0.3) is 0 Å². The van der Waals surface area contributed by atoms with Gasteiger partial charge in [0, 0.05) is 18.7 Å². The van der Waals surface area contributed by atoms with Gasteiger partial charge in [-0.05, 0) is 51.2 Å². The highest BCUT2D eigenvalue weighted by atomic mass is 16.6. The summed E-state index contributed by atoms with van der Waals surface area (Å²) in [5.74, 6) is 0.110. The number of likely N-dealkylation sites (N-methyl/N-ethyl adjacent to an activating group) is 1. The van der Waals surface area contributed by atoms with Gasteiger partial charge in [-0.25, -0.2) is 0 Å². The van der Waals surface area contributed by atoms with Crippen LogP contribution in [0.25, 0.3) is 28.0 Å². The highest BCUT2D eigenvalue weighted by Gasteiger charge is 2.36. The first-order valence-electron chi connectivity index (χ1n) is 10.8. The predicted octanol–water partition coefficient (Wildman–Crippen LogP) is 4.79. The quantitative estimate of drug-likeness (QED) is 0.322. The van der Waals surface area contributed by atoms with Crippen molar-refractivity contribution in [3.05, 3.63) is 56.2 Å². The van der Waals surface area contributed by atoms with Crippen molar-refractivity contribution < 1.29 is 14.1 Å². The molecular formula is C24H27N3O5. The molecule has 2 heterocycles. The Morgan fingerprint density at radius 3 is 2.59 bits per heavy atom. The van der Waals surface area contributed by atoms with E-state index in [1.54, 1.807) is 30.3 Å². The molecule has 8 nitrogen and oxygen atoms in total. The smallest absolute Gasteiger partial charge is 0.354 e. The van der Waals surface area contributed by atoms with E-state index < -0.39 is 10.5 Å². The van der Waals surface area contributed by atoms with Crippen LogP contribution in [0, 0.1) is 10.1 Å². The van der Waals surface area contributed by atoms with E-state index in [1.165, 1.54) is 0 Å². The monoisotopic (exact) mass is 437 g/mol. The third kappa shape index (κ3) is 3.71. The molecule has 8 heteroatoms. The highest BCUT2D eigenvalue weighted by Crippen LogP contribution is 2.48. The minimum atomic E-state index is -0.735. The van der Waals surface area contributed by atoms with E-state index in [0.29, 0.717) is 28.8 Å². The summed E-state index contributed by atoms with van der Waals surface area (Å²) in [5.41, 5.74) is -0.159. The molecule has 0 spiro atoms. The van der Waals surface area contributed by atoms with Gasteiger partial charge < -0.3 is 19.4 Å². The van der Waals surface area contributed by atoms with Crippen molar-refractivity contribution in [2.24, 2.45) is 0 Å². The van der Waals surface area contributed by atoms with E-state index in [9.17, 15) is 14.9 Å². The van der Waals surface area contributed by atoms with E-state index in [1.807, 2.05) is 19.9 Å². The number of nitrogens with zero attached hydrogens (tertiary/aromatic N) is 2. The molecule has 1 aliphatic heterocycles. The molecule has 2 aromatic carbocycles. The maximum absolute atomic E-state index is 13.5. The fraction of sp³-hybridized carbons (Fsp3) is 0.375. The summed E-state index contributed by atoms with van der Waals surface area (Å²) >= 11 is 0. The van der Waals surface area contributed by atoms with E-state index in [4.69, 9.17) is 9.15 Å². The molecule has 1 aromatic heterocycles. The minimum absolute atomic E-state index is 0.0751. The second-order valence-corrected chi connectivity index (χ2v) is 8.35. The van der Waals surface area contributed by atoms with Gasteiger partial charge in [0.1, 0.15) is 11.2 Å². The van der Waals surface area contributed by atoms with E-state index in [-0.39, 0.29) is 27.8 Å². The summed E-state index contributed by atoms with van der Waals surface area (Å²) in [7, 11) is 0. The SMILES string of the molecule is CCN(CC)CCNc1c2c(c([N+](=O)[O-])c3oc4ccccc4c(=O)c13)OC(C)(C)C=C2. The number of anilines is 1. The Morgan fingerprint density at radius 1 is 1.19 bits per heavy atom. The first kappa shape index (κ1) is 21.8. The van der Waals surface area contributed by atoms with E-state index in [2.05, 4.69) is 24.1 Å². The van der Waals surface area contributed by atoms with Gasteiger partial charge in [0.2, 0.25) is 16.8 Å². The first-order valence-corrected chi connectivity index (χ1v) is 10.8. The predicted molar refractivity (Wildman–Crippen MR) is 127 cm³/mol. The molecule has 0 aliphatic carbocycles. The zero-order valence-corrected chi connectivity index (χ0v) is 18.7. The largest absolute Gasteiger partial charge is 0.476 e. The topological polar surface area (TPSA) is 97.9 Å². The summed E-state index contributed by atoms with van der Waals surface area (Å²) in [6.07, 6.45) is 3.63. The van der Waals surface area contributed by atoms with Crippen molar-refractivity contribution in [1.82, 2.24) is 4.90 Å². The Labute approximate surface area is 185 Å². The third-order valence-corrected chi connectivity index (χ3v) is 5.82. The van der Waals surface area contributed by atoms with Crippen LogP contribution in [0.3, 0.4) is 0 Å². The lowest BCUT2D eigenvalue weighted by Crippen LogP contribution is -2.30. The van der Waals surface area contributed by atoms with Crippen LogP contribution in [0.2, 0.25) is 0 Å². The van der Waals surface area contributed by atoms with Gasteiger partial charge in [-0.3, -0.25) is 14.9 Å². The number of rotatable bonds is 7. The standard InChI is InChI=1S/C24H27N3O5/c1-5-26(6-2)14-13-25-19-16-11-12-24(3,4)32-22(16)20(27(29)30)23-18(19)21(28)15-9-7-8-10-17(15)31-23/h7-12,25H,5-6,13-14H2,1-4H3. The van der Waals surface area contributed by atoms with Crippen LogP contribution in [0.1, 0.15) is 33.3 Å². The van der Waals surface area contributed by atoms with Crippen LogP contribution in [0.5, 0.6) is 5.75 Å². The number of nitro benzene ring substituents is 1. The first-order chi connectivity index (χ1) is 15.3. The minimum Gasteiger partial charge on any atom is -0.476 e. The zero-order valence-electron chi connectivity index (χ0n) is 18.7. The lowest BCUT2D eigenvalue weighted by atomic mass is 9.97. The van der Waals surface area contributed by atoms with Crippen molar-refractivity contribution in [1.29, 1.82) is 0 Å². The van der Waals surface area contributed by atoms with Gasteiger partial charge in [-0.1, -0.05) is 26.0 Å². The van der Waals surface area contributed by atoms with Crippen molar-refractivity contribution in [2.45, 2.75) is 33.3 Å². The molecule has 32 heavy (non-hydrogen) atoms. The molecule has 0 saturated carbocycles. The molecule has 0 radical (unpaired) electrons. The van der Waals surface area contributed by atoms with Crippen molar-refractivity contribution in [3.63, 3.8) is 0 Å². The summed E-state index contributed by atoms with van der Waals surface area (Å²) in [6.45, 7) is 11.0. The maximum Gasteiger partial charge on any atom is 0.354 e. The van der Waals surface area contributed by atoms with Crippen LogP contribution < -0.4 is 15.5 Å². The van der Waals surface area contributed by atoms with Crippen molar-refractivity contribution in [2.75, 3.05) is 31.5 Å². The van der Waals surface area contributed by atoms with Crippen molar-refractivity contribution >= 4 is 39.4 Å². The molecule has 1 N–H and O–H groups in total. The summed E-state index contributed by atoms with van der Waals surface area (Å²) in [5, 5.41) is 16.1. The number of para-hydroxylation sites is 1. The fourth-order valence-corrected chi connectivity index (χ4v) is 4.09. The Morgan fingerprint density at radius 2 is 1.91 bits per heavy atom. The maximum atomic E-state index is 13.5.